The number of thiophene rings is 2. The molecule has 24 heavy (non-hydrogen) atoms. The van der Waals surface area contributed by atoms with E-state index in [9.17, 15) is 4.79 Å². The molecule has 0 saturated carbocycles. The van der Waals surface area contributed by atoms with Gasteiger partial charge in [0.15, 0.2) is 0 Å². The first-order chi connectivity index (χ1) is 11.8. The normalized spacial score (nSPS) is 25.0. The molecule has 0 aromatic carbocycles. The third-order valence-electron chi connectivity index (χ3n) is 4.39. The van der Waals surface area contributed by atoms with E-state index in [1.54, 1.807) is 22.7 Å². The minimum atomic E-state index is -0.00293. The summed E-state index contributed by atoms with van der Waals surface area (Å²) in [5.41, 5.74) is 0. The van der Waals surface area contributed by atoms with Gasteiger partial charge in [-0.3, -0.25) is 0 Å². The van der Waals surface area contributed by atoms with Crippen LogP contribution in [0.25, 0.3) is 0 Å². The highest BCUT2D eigenvalue weighted by atomic mass is 32.1. The smallest absolute Gasteiger partial charge is 0.320 e. The SMILES string of the molecule is O=C(N1CCOC(c2cccs2)C1)N1CCOC(c2cccs2)C1. The molecular weight excluding hydrogens is 344 g/mol. The Bertz CT molecular complexity index is 603. The van der Waals surface area contributed by atoms with Crippen LogP contribution in [0.4, 0.5) is 4.79 Å². The lowest BCUT2D eigenvalue weighted by Crippen LogP contribution is -2.52. The molecule has 2 aromatic heterocycles. The van der Waals surface area contributed by atoms with E-state index < -0.39 is 0 Å². The molecule has 2 aliphatic rings. The quantitative estimate of drug-likeness (QED) is 0.820. The number of urea groups is 1. The van der Waals surface area contributed by atoms with Crippen LogP contribution in [0.5, 0.6) is 0 Å². The number of morpholine rings is 2. The third kappa shape index (κ3) is 3.35. The largest absolute Gasteiger partial charge is 0.369 e. The molecular formula is C17H20N2O3S2. The van der Waals surface area contributed by atoms with Crippen molar-refractivity contribution in [2.75, 3.05) is 39.4 Å². The Labute approximate surface area is 149 Å². The van der Waals surface area contributed by atoms with E-state index in [-0.39, 0.29) is 18.2 Å². The third-order valence-corrected chi connectivity index (χ3v) is 6.32. The molecule has 0 radical (unpaired) electrons. The molecule has 2 aromatic rings. The number of carbonyl (C=O) groups is 1. The lowest BCUT2D eigenvalue weighted by atomic mass is 10.2. The van der Waals surface area contributed by atoms with Gasteiger partial charge in [-0.1, -0.05) is 12.1 Å². The standard InChI is InChI=1S/C17H20N2O3S2/c20-17(18-5-7-21-13(11-18)15-3-1-9-23-15)19-6-8-22-14(12-19)16-4-2-10-24-16/h1-4,9-10,13-14H,5-8,11-12H2. The maximum Gasteiger partial charge on any atom is 0.320 e. The zero-order valence-corrected chi connectivity index (χ0v) is 14.9. The van der Waals surface area contributed by atoms with Crippen LogP contribution in [0.1, 0.15) is 22.0 Å². The van der Waals surface area contributed by atoms with Crippen molar-refractivity contribution >= 4 is 28.7 Å². The highest BCUT2D eigenvalue weighted by Crippen LogP contribution is 2.29. The van der Waals surface area contributed by atoms with Crippen molar-refractivity contribution in [2.45, 2.75) is 12.2 Å². The lowest BCUT2D eigenvalue weighted by molar-refractivity contribution is -0.0402. The Kier molecular flexibility index (Phi) is 4.84. The van der Waals surface area contributed by atoms with Crippen molar-refractivity contribution in [1.82, 2.24) is 9.80 Å². The average molecular weight is 364 g/mol. The summed E-state index contributed by atoms with van der Waals surface area (Å²) in [7, 11) is 0. The van der Waals surface area contributed by atoms with Crippen LogP contribution in [0.15, 0.2) is 35.0 Å². The summed E-state index contributed by atoms with van der Waals surface area (Å²) in [6.07, 6.45) is -0.00586. The maximum absolute atomic E-state index is 12.9. The predicted molar refractivity (Wildman–Crippen MR) is 94.6 cm³/mol. The summed E-state index contributed by atoms with van der Waals surface area (Å²) < 4.78 is 11.7. The summed E-state index contributed by atoms with van der Waals surface area (Å²) in [4.78, 5) is 19.1. The number of nitrogens with zero attached hydrogens (tertiary/aromatic N) is 2. The molecule has 5 nitrogen and oxygen atoms in total. The predicted octanol–water partition coefficient (Wildman–Crippen LogP) is 3.38. The maximum atomic E-state index is 12.9. The summed E-state index contributed by atoms with van der Waals surface area (Å²) >= 11 is 3.36. The number of carbonyl (C=O) groups excluding carboxylic acids is 1. The number of rotatable bonds is 2. The minimum absolute atomic E-state index is 0.00293. The topological polar surface area (TPSA) is 42.0 Å². The Morgan fingerprint density at radius 2 is 1.42 bits per heavy atom. The molecule has 0 N–H and O–H groups in total. The van der Waals surface area contributed by atoms with Gasteiger partial charge in [0.25, 0.3) is 0 Å². The van der Waals surface area contributed by atoms with E-state index in [0.717, 1.165) is 0 Å². The number of amides is 2. The van der Waals surface area contributed by atoms with Gasteiger partial charge in [-0.25, -0.2) is 4.79 Å². The molecule has 7 heteroatoms. The average Bonchev–Trinajstić information content (AvgIpc) is 3.35. The van der Waals surface area contributed by atoms with Crippen LogP contribution < -0.4 is 0 Å². The molecule has 2 saturated heterocycles. The van der Waals surface area contributed by atoms with Gasteiger partial charge in [0.05, 0.1) is 26.3 Å². The summed E-state index contributed by atoms with van der Waals surface area (Å²) in [5, 5.41) is 4.10. The lowest BCUT2D eigenvalue weighted by Gasteiger charge is -2.39. The van der Waals surface area contributed by atoms with Crippen LogP contribution in [-0.2, 0) is 9.47 Å². The van der Waals surface area contributed by atoms with Crippen molar-refractivity contribution in [3.8, 4) is 0 Å². The highest BCUT2D eigenvalue weighted by Gasteiger charge is 2.32. The second kappa shape index (κ2) is 7.23. The van der Waals surface area contributed by atoms with Crippen LogP contribution in [-0.4, -0.2) is 55.2 Å². The zero-order chi connectivity index (χ0) is 16.4. The van der Waals surface area contributed by atoms with E-state index in [1.807, 2.05) is 32.7 Å². The van der Waals surface area contributed by atoms with Crippen LogP contribution in [0.3, 0.4) is 0 Å². The summed E-state index contributed by atoms with van der Waals surface area (Å²) in [5.74, 6) is 0. The Morgan fingerprint density at radius 3 is 1.83 bits per heavy atom. The molecule has 128 valence electrons. The fraction of sp³-hybridized carbons (Fsp3) is 0.471. The summed E-state index contributed by atoms with van der Waals surface area (Å²) in [6, 6.07) is 8.30. The molecule has 2 unspecified atom stereocenters. The van der Waals surface area contributed by atoms with E-state index in [0.29, 0.717) is 39.4 Å². The van der Waals surface area contributed by atoms with Gasteiger partial charge in [-0.05, 0) is 22.9 Å². The van der Waals surface area contributed by atoms with E-state index >= 15 is 0 Å². The Hall–Kier alpha value is -1.41. The first-order valence-electron chi connectivity index (χ1n) is 8.15. The monoisotopic (exact) mass is 364 g/mol. The Balaban J connectivity index is 1.41. The zero-order valence-electron chi connectivity index (χ0n) is 13.3. The molecule has 4 heterocycles. The second-order valence-corrected chi connectivity index (χ2v) is 7.88. The first-order valence-corrected chi connectivity index (χ1v) is 9.91. The van der Waals surface area contributed by atoms with Crippen molar-refractivity contribution in [3.63, 3.8) is 0 Å². The Morgan fingerprint density at radius 1 is 0.917 bits per heavy atom. The van der Waals surface area contributed by atoms with E-state index in [4.69, 9.17) is 9.47 Å². The van der Waals surface area contributed by atoms with E-state index in [2.05, 4.69) is 12.1 Å². The van der Waals surface area contributed by atoms with Gasteiger partial charge in [0, 0.05) is 22.8 Å². The fourth-order valence-corrected chi connectivity index (χ4v) is 4.67. The highest BCUT2D eigenvalue weighted by molar-refractivity contribution is 7.10. The van der Waals surface area contributed by atoms with Gasteiger partial charge in [-0.2, -0.15) is 0 Å². The molecule has 0 bridgehead atoms. The van der Waals surface area contributed by atoms with Gasteiger partial charge in [0.2, 0.25) is 0 Å². The van der Waals surface area contributed by atoms with Crippen molar-refractivity contribution in [1.29, 1.82) is 0 Å². The molecule has 2 aliphatic heterocycles. The molecule has 2 fully saturated rings. The van der Waals surface area contributed by atoms with Gasteiger partial charge in [-0.15, -0.1) is 22.7 Å². The molecule has 0 aliphatic carbocycles. The van der Waals surface area contributed by atoms with Crippen molar-refractivity contribution in [2.24, 2.45) is 0 Å². The van der Waals surface area contributed by atoms with Crippen LogP contribution in [0, 0.1) is 0 Å². The van der Waals surface area contributed by atoms with Crippen molar-refractivity contribution < 1.29 is 14.3 Å². The molecule has 2 amide bonds. The second-order valence-electron chi connectivity index (χ2n) is 5.92. The number of hydrogen-bond acceptors (Lipinski definition) is 5. The van der Waals surface area contributed by atoms with Crippen molar-refractivity contribution in [3.05, 3.63) is 44.8 Å². The van der Waals surface area contributed by atoms with Gasteiger partial charge < -0.3 is 19.3 Å². The first kappa shape index (κ1) is 16.1. The number of ether oxygens (including phenoxy) is 2. The molecule has 2 atom stereocenters. The van der Waals surface area contributed by atoms with Gasteiger partial charge >= 0.3 is 6.03 Å². The minimum Gasteiger partial charge on any atom is -0.369 e. The van der Waals surface area contributed by atoms with Gasteiger partial charge in [0.1, 0.15) is 12.2 Å². The molecule has 0 spiro atoms. The number of hydrogen-bond donors (Lipinski definition) is 0. The molecule has 4 rings (SSSR count). The van der Waals surface area contributed by atoms with Crippen LogP contribution in [0.2, 0.25) is 0 Å². The van der Waals surface area contributed by atoms with Crippen LogP contribution >= 0.6 is 22.7 Å². The summed E-state index contributed by atoms with van der Waals surface area (Å²) in [6.45, 7) is 3.74. The fourth-order valence-electron chi connectivity index (χ4n) is 3.14. The van der Waals surface area contributed by atoms with E-state index in [1.165, 1.54) is 9.75 Å².